The minimum atomic E-state index is -0.656. The van der Waals surface area contributed by atoms with Gasteiger partial charge in [-0.05, 0) is 13.1 Å². The maximum absolute atomic E-state index is 12.9. The van der Waals surface area contributed by atoms with Crippen molar-refractivity contribution in [2.75, 3.05) is 33.3 Å². The van der Waals surface area contributed by atoms with Gasteiger partial charge in [-0.2, -0.15) is 4.39 Å². The number of halogens is 1. The van der Waals surface area contributed by atoms with Crippen LogP contribution >= 0.6 is 0 Å². The molecular weight excluding hydrogens is 237 g/mol. The zero-order chi connectivity index (χ0) is 13.0. The Balaban J connectivity index is 1.84. The van der Waals surface area contributed by atoms with Crippen molar-refractivity contribution in [3.63, 3.8) is 0 Å². The van der Waals surface area contributed by atoms with Crippen molar-refractivity contribution in [1.29, 1.82) is 0 Å². The number of carbonyl (C=O) groups excluding carboxylic acids is 1. The molecule has 0 saturated carbocycles. The van der Waals surface area contributed by atoms with E-state index in [4.69, 9.17) is 4.74 Å². The zero-order valence-corrected chi connectivity index (χ0v) is 10.2. The van der Waals surface area contributed by atoms with Crippen LogP contribution in [0.25, 0.3) is 0 Å². The molecule has 18 heavy (non-hydrogen) atoms. The molecule has 0 aromatic carbocycles. The minimum Gasteiger partial charge on any atom is -0.374 e. The first-order valence-corrected chi connectivity index (χ1v) is 5.85. The molecule has 2 rings (SSSR count). The number of carbonyl (C=O) groups is 1. The molecule has 1 N–H and O–H groups in total. The first kappa shape index (κ1) is 12.9. The zero-order valence-electron chi connectivity index (χ0n) is 10.2. The lowest BCUT2D eigenvalue weighted by Gasteiger charge is -2.30. The number of hydrogen-bond acceptors (Lipinski definition) is 4. The molecule has 2 heterocycles. The average Bonchev–Trinajstić information content (AvgIpc) is 2.36. The molecule has 1 aliphatic heterocycles. The highest BCUT2D eigenvalue weighted by Crippen LogP contribution is 2.03. The minimum absolute atomic E-state index is 0.0145. The van der Waals surface area contributed by atoms with E-state index in [0.717, 1.165) is 19.2 Å². The van der Waals surface area contributed by atoms with Gasteiger partial charge in [0.1, 0.15) is 0 Å². The largest absolute Gasteiger partial charge is 0.374 e. The Kier molecular flexibility index (Phi) is 4.22. The van der Waals surface area contributed by atoms with Crippen LogP contribution in [0.15, 0.2) is 18.3 Å². The van der Waals surface area contributed by atoms with Crippen LogP contribution in [0.3, 0.4) is 0 Å². The second kappa shape index (κ2) is 5.88. The van der Waals surface area contributed by atoms with Gasteiger partial charge in [0.05, 0.1) is 12.7 Å². The Morgan fingerprint density at radius 3 is 3.28 bits per heavy atom. The van der Waals surface area contributed by atoms with Crippen LogP contribution in [0.1, 0.15) is 10.4 Å². The number of aromatic nitrogens is 1. The Bertz CT molecular complexity index is 428. The summed E-state index contributed by atoms with van der Waals surface area (Å²) in [6, 6.07) is 2.59. The van der Waals surface area contributed by atoms with E-state index in [1.165, 1.54) is 12.3 Å². The Morgan fingerprint density at radius 2 is 2.56 bits per heavy atom. The molecule has 1 aromatic rings. The van der Waals surface area contributed by atoms with Crippen molar-refractivity contribution in [2.45, 2.75) is 6.10 Å². The number of nitrogens with one attached hydrogen (secondary N) is 1. The number of ether oxygens (including phenoxy) is 1. The lowest BCUT2D eigenvalue weighted by Crippen LogP contribution is -2.45. The second-order valence-electron chi connectivity index (χ2n) is 4.33. The van der Waals surface area contributed by atoms with Gasteiger partial charge in [-0.15, -0.1) is 0 Å². The molecular formula is C12H16FN3O2. The van der Waals surface area contributed by atoms with E-state index in [0.29, 0.717) is 13.2 Å². The molecule has 1 unspecified atom stereocenters. The predicted octanol–water partition coefficient (Wildman–Crippen LogP) is 0.281. The Labute approximate surface area is 105 Å². The van der Waals surface area contributed by atoms with E-state index in [1.54, 1.807) is 0 Å². The average molecular weight is 253 g/mol. The van der Waals surface area contributed by atoms with Gasteiger partial charge >= 0.3 is 0 Å². The van der Waals surface area contributed by atoms with Crippen LogP contribution in [0.2, 0.25) is 0 Å². The maximum atomic E-state index is 12.9. The molecule has 0 aliphatic carbocycles. The van der Waals surface area contributed by atoms with Crippen LogP contribution < -0.4 is 5.32 Å². The summed E-state index contributed by atoms with van der Waals surface area (Å²) in [5.41, 5.74) is 0.270. The number of amides is 1. The summed E-state index contributed by atoms with van der Waals surface area (Å²) < 4.78 is 18.4. The van der Waals surface area contributed by atoms with Crippen LogP contribution in [0.5, 0.6) is 0 Å². The van der Waals surface area contributed by atoms with E-state index in [2.05, 4.69) is 15.2 Å². The van der Waals surface area contributed by atoms with Gasteiger partial charge in [0.15, 0.2) is 0 Å². The summed E-state index contributed by atoms with van der Waals surface area (Å²) in [5, 5.41) is 2.73. The molecule has 0 spiro atoms. The quantitative estimate of drug-likeness (QED) is 0.786. The van der Waals surface area contributed by atoms with Crippen LogP contribution in [0.4, 0.5) is 4.39 Å². The molecule has 98 valence electrons. The third-order valence-corrected chi connectivity index (χ3v) is 2.82. The van der Waals surface area contributed by atoms with Crippen molar-refractivity contribution >= 4 is 5.91 Å². The predicted molar refractivity (Wildman–Crippen MR) is 63.8 cm³/mol. The second-order valence-corrected chi connectivity index (χ2v) is 4.33. The fourth-order valence-corrected chi connectivity index (χ4v) is 1.84. The molecule has 1 saturated heterocycles. The van der Waals surface area contributed by atoms with E-state index in [-0.39, 0.29) is 17.6 Å². The van der Waals surface area contributed by atoms with Gasteiger partial charge in [0.2, 0.25) is 5.95 Å². The molecule has 1 fully saturated rings. The van der Waals surface area contributed by atoms with Crippen molar-refractivity contribution in [3.05, 3.63) is 29.8 Å². The van der Waals surface area contributed by atoms with E-state index >= 15 is 0 Å². The molecule has 6 heteroatoms. The molecule has 5 nitrogen and oxygen atoms in total. The monoisotopic (exact) mass is 253 g/mol. The van der Waals surface area contributed by atoms with E-state index in [9.17, 15) is 9.18 Å². The number of pyridine rings is 1. The molecule has 0 bridgehead atoms. The third kappa shape index (κ3) is 3.48. The highest BCUT2D eigenvalue weighted by atomic mass is 19.1. The first-order valence-electron chi connectivity index (χ1n) is 5.85. The van der Waals surface area contributed by atoms with Gasteiger partial charge < -0.3 is 15.0 Å². The number of rotatable bonds is 3. The van der Waals surface area contributed by atoms with Gasteiger partial charge in [0.25, 0.3) is 5.91 Å². The van der Waals surface area contributed by atoms with Crippen molar-refractivity contribution in [3.8, 4) is 0 Å². The van der Waals surface area contributed by atoms with E-state index in [1.807, 2.05) is 7.05 Å². The number of morpholine rings is 1. The van der Waals surface area contributed by atoms with Gasteiger partial charge in [-0.3, -0.25) is 4.79 Å². The van der Waals surface area contributed by atoms with E-state index < -0.39 is 5.95 Å². The summed E-state index contributed by atoms with van der Waals surface area (Å²) in [4.78, 5) is 17.3. The fourth-order valence-electron chi connectivity index (χ4n) is 1.84. The summed E-state index contributed by atoms with van der Waals surface area (Å²) >= 11 is 0. The number of likely N-dealkylation sites (N-methyl/N-ethyl adjacent to an activating group) is 1. The normalized spacial score (nSPS) is 20.7. The molecule has 1 amide bonds. The Morgan fingerprint density at radius 1 is 1.72 bits per heavy atom. The highest BCUT2D eigenvalue weighted by Gasteiger charge is 2.18. The number of nitrogens with zero attached hydrogens (tertiary/aromatic N) is 2. The van der Waals surface area contributed by atoms with Gasteiger partial charge in [0, 0.05) is 37.5 Å². The lowest BCUT2D eigenvalue weighted by molar-refractivity contribution is -0.0175. The number of hydrogen-bond donors (Lipinski definition) is 1. The summed E-state index contributed by atoms with van der Waals surface area (Å²) in [5.74, 6) is -0.968. The topological polar surface area (TPSA) is 54.5 Å². The third-order valence-electron chi connectivity index (χ3n) is 2.82. The summed E-state index contributed by atoms with van der Waals surface area (Å²) in [6.45, 7) is 2.78. The van der Waals surface area contributed by atoms with Crippen molar-refractivity contribution in [1.82, 2.24) is 15.2 Å². The fraction of sp³-hybridized carbons (Fsp3) is 0.500. The molecule has 1 atom stereocenters. The molecule has 1 aliphatic rings. The molecule has 1 aromatic heterocycles. The summed E-state index contributed by atoms with van der Waals surface area (Å²) in [7, 11) is 2.01. The van der Waals surface area contributed by atoms with Gasteiger partial charge in [-0.25, -0.2) is 4.98 Å². The van der Waals surface area contributed by atoms with Crippen LogP contribution in [0, 0.1) is 5.95 Å². The smallest absolute Gasteiger partial charge is 0.251 e. The standard InChI is InChI=1S/C12H16FN3O2/c1-16-4-5-18-10(8-16)7-15-12(17)9-2-3-14-11(13)6-9/h2-3,6,10H,4-5,7-8H2,1H3,(H,15,17). The molecule has 0 radical (unpaired) electrons. The van der Waals surface area contributed by atoms with Crippen LogP contribution in [-0.2, 0) is 4.74 Å². The highest BCUT2D eigenvalue weighted by molar-refractivity contribution is 5.93. The van der Waals surface area contributed by atoms with Gasteiger partial charge in [-0.1, -0.05) is 0 Å². The first-order chi connectivity index (χ1) is 8.65. The summed E-state index contributed by atoms with van der Waals surface area (Å²) in [6.07, 6.45) is 1.26. The van der Waals surface area contributed by atoms with Crippen LogP contribution in [-0.4, -0.2) is 55.2 Å². The maximum Gasteiger partial charge on any atom is 0.251 e. The SMILES string of the molecule is CN1CCOC(CNC(=O)c2ccnc(F)c2)C1. The Hall–Kier alpha value is -1.53. The van der Waals surface area contributed by atoms with Crippen molar-refractivity contribution in [2.24, 2.45) is 0 Å². The van der Waals surface area contributed by atoms with Crippen molar-refractivity contribution < 1.29 is 13.9 Å². The lowest BCUT2D eigenvalue weighted by atomic mass is 10.2.